The molecule has 2 aromatic carbocycles. The summed E-state index contributed by atoms with van der Waals surface area (Å²) in [5, 5.41) is 5.69. The first-order chi connectivity index (χ1) is 10.8. The standard InChI is InChI=1S/C19H22N2O2/c1-13-6-5-7-14(12-13)17(22)20-15-8-10-16(11-9-15)21-18(23)19(2,3)4/h5-12H,1-4H3,(H,20,22)(H,21,23). The summed E-state index contributed by atoms with van der Waals surface area (Å²) in [6, 6.07) is 14.5. The van der Waals surface area contributed by atoms with Gasteiger partial charge in [-0.05, 0) is 43.3 Å². The Kier molecular flexibility index (Phi) is 4.84. The second-order valence-electron chi connectivity index (χ2n) is 6.61. The molecule has 0 unspecified atom stereocenters. The molecule has 0 aromatic heterocycles. The topological polar surface area (TPSA) is 58.2 Å². The molecular weight excluding hydrogens is 288 g/mol. The molecule has 0 aliphatic heterocycles. The molecule has 23 heavy (non-hydrogen) atoms. The zero-order valence-electron chi connectivity index (χ0n) is 13.9. The molecule has 0 aliphatic carbocycles. The molecule has 0 heterocycles. The van der Waals surface area contributed by atoms with E-state index in [1.165, 1.54) is 0 Å². The van der Waals surface area contributed by atoms with Gasteiger partial charge < -0.3 is 10.6 Å². The van der Waals surface area contributed by atoms with Gasteiger partial charge in [0, 0.05) is 22.4 Å². The van der Waals surface area contributed by atoms with Crippen molar-refractivity contribution in [3.8, 4) is 0 Å². The van der Waals surface area contributed by atoms with Crippen molar-refractivity contribution < 1.29 is 9.59 Å². The number of nitrogens with one attached hydrogen (secondary N) is 2. The van der Waals surface area contributed by atoms with Crippen molar-refractivity contribution in [3.63, 3.8) is 0 Å². The van der Waals surface area contributed by atoms with Crippen LogP contribution in [0.2, 0.25) is 0 Å². The Balaban J connectivity index is 2.03. The zero-order valence-corrected chi connectivity index (χ0v) is 13.9. The second kappa shape index (κ2) is 6.65. The van der Waals surface area contributed by atoms with Crippen molar-refractivity contribution in [2.75, 3.05) is 10.6 Å². The lowest BCUT2D eigenvalue weighted by Gasteiger charge is -2.17. The van der Waals surface area contributed by atoms with Gasteiger partial charge in [0.1, 0.15) is 0 Å². The molecule has 2 N–H and O–H groups in total. The van der Waals surface area contributed by atoms with Crippen LogP contribution in [-0.2, 0) is 4.79 Å². The van der Waals surface area contributed by atoms with Gasteiger partial charge >= 0.3 is 0 Å². The van der Waals surface area contributed by atoms with E-state index in [-0.39, 0.29) is 11.8 Å². The summed E-state index contributed by atoms with van der Waals surface area (Å²) < 4.78 is 0. The summed E-state index contributed by atoms with van der Waals surface area (Å²) in [4.78, 5) is 24.1. The number of amides is 2. The van der Waals surface area contributed by atoms with Gasteiger partial charge in [0.15, 0.2) is 0 Å². The van der Waals surface area contributed by atoms with Crippen LogP contribution in [0.1, 0.15) is 36.7 Å². The third-order valence-electron chi connectivity index (χ3n) is 3.36. The first-order valence-electron chi connectivity index (χ1n) is 7.55. The van der Waals surface area contributed by atoms with E-state index in [1.54, 1.807) is 30.3 Å². The highest BCUT2D eigenvalue weighted by Crippen LogP contribution is 2.19. The Labute approximate surface area is 136 Å². The van der Waals surface area contributed by atoms with Crippen LogP contribution in [0, 0.1) is 12.3 Å². The highest BCUT2D eigenvalue weighted by atomic mass is 16.2. The Bertz CT molecular complexity index is 713. The highest BCUT2D eigenvalue weighted by molar-refractivity contribution is 6.04. The van der Waals surface area contributed by atoms with Crippen LogP contribution < -0.4 is 10.6 Å². The molecule has 2 amide bonds. The van der Waals surface area contributed by atoms with Gasteiger partial charge in [0.2, 0.25) is 5.91 Å². The number of hydrogen-bond acceptors (Lipinski definition) is 2. The van der Waals surface area contributed by atoms with E-state index in [1.807, 2.05) is 45.9 Å². The van der Waals surface area contributed by atoms with Gasteiger partial charge in [-0.15, -0.1) is 0 Å². The number of aryl methyl sites for hydroxylation is 1. The monoisotopic (exact) mass is 310 g/mol. The average molecular weight is 310 g/mol. The normalized spacial score (nSPS) is 11.0. The predicted octanol–water partition coefficient (Wildman–Crippen LogP) is 4.23. The minimum absolute atomic E-state index is 0.0472. The Hall–Kier alpha value is -2.62. The molecule has 4 heteroatoms. The van der Waals surface area contributed by atoms with Crippen molar-refractivity contribution >= 4 is 23.2 Å². The van der Waals surface area contributed by atoms with Crippen molar-refractivity contribution in [2.45, 2.75) is 27.7 Å². The fourth-order valence-corrected chi connectivity index (χ4v) is 1.95. The third kappa shape index (κ3) is 4.68. The van der Waals surface area contributed by atoms with E-state index in [0.29, 0.717) is 16.9 Å². The molecule has 0 aliphatic rings. The molecule has 0 saturated heterocycles. The SMILES string of the molecule is Cc1cccc(C(=O)Nc2ccc(NC(=O)C(C)(C)C)cc2)c1. The number of carbonyl (C=O) groups is 2. The molecule has 0 saturated carbocycles. The van der Waals surface area contributed by atoms with Crippen LogP contribution in [0.5, 0.6) is 0 Å². The summed E-state index contributed by atoms with van der Waals surface area (Å²) in [7, 11) is 0. The van der Waals surface area contributed by atoms with Crippen molar-refractivity contribution in [1.82, 2.24) is 0 Å². The smallest absolute Gasteiger partial charge is 0.255 e. The summed E-state index contributed by atoms with van der Waals surface area (Å²) in [5.74, 6) is -0.200. The molecule has 120 valence electrons. The molecule has 0 spiro atoms. The molecule has 0 fully saturated rings. The van der Waals surface area contributed by atoms with Crippen LogP contribution in [0.4, 0.5) is 11.4 Å². The lowest BCUT2D eigenvalue weighted by atomic mass is 9.95. The zero-order chi connectivity index (χ0) is 17.0. The van der Waals surface area contributed by atoms with Crippen LogP contribution in [0.15, 0.2) is 48.5 Å². The number of rotatable bonds is 3. The number of carbonyl (C=O) groups excluding carboxylic acids is 2. The van der Waals surface area contributed by atoms with E-state index < -0.39 is 5.41 Å². The molecule has 2 aromatic rings. The molecule has 0 atom stereocenters. The van der Waals surface area contributed by atoms with Crippen LogP contribution in [0.3, 0.4) is 0 Å². The predicted molar refractivity (Wildman–Crippen MR) is 93.7 cm³/mol. The molecule has 2 rings (SSSR count). The van der Waals surface area contributed by atoms with E-state index in [2.05, 4.69) is 10.6 Å². The van der Waals surface area contributed by atoms with E-state index in [4.69, 9.17) is 0 Å². The van der Waals surface area contributed by atoms with Gasteiger partial charge in [0.25, 0.3) is 5.91 Å². The van der Waals surface area contributed by atoms with E-state index in [9.17, 15) is 9.59 Å². The van der Waals surface area contributed by atoms with Gasteiger partial charge in [-0.25, -0.2) is 0 Å². The Morgan fingerprint density at radius 2 is 1.43 bits per heavy atom. The average Bonchev–Trinajstić information content (AvgIpc) is 2.48. The first kappa shape index (κ1) is 16.7. The van der Waals surface area contributed by atoms with Crippen LogP contribution >= 0.6 is 0 Å². The minimum atomic E-state index is -0.446. The van der Waals surface area contributed by atoms with Gasteiger partial charge in [-0.1, -0.05) is 38.5 Å². The fourth-order valence-electron chi connectivity index (χ4n) is 1.95. The Morgan fingerprint density at radius 1 is 0.870 bits per heavy atom. The molecular formula is C19H22N2O2. The summed E-state index contributed by atoms with van der Waals surface area (Å²) in [6.45, 7) is 7.53. The largest absolute Gasteiger partial charge is 0.326 e. The lowest BCUT2D eigenvalue weighted by molar-refractivity contribution is -0.123. The first-order valence-corrected chi connectivity index (χ1v) is 7.55. The minimum Gasteiger partial charge on any atom is -0.326 e. The van der Waals surface area contributed by atoms with Gasteiger partial charge in [-0.3, -0.25) is 9.59 Å². The Morgan fingerprint density at radius 3 is 1.96 bits per heavy atom. The van der Waals surface area contributed by atoms with Crippen molar-refractivity contribution in [1.29, 1.82) is 0 Å². The third-order valence-corrected chi connectivity index (χ3v) is 3.36. The summed E-state index contributed by atoms with van der Waals surface area (Å²) >= 11 is 0. The molecule has 0 radical (unpaired) electrons. The van der Waals surface area contributed by atoms with E-state index >= 15 is 0 Å². The van der Waals surface area contributed by atoms with Gasteiger partial charge in [0.05, 0.1) is 0 Å². The van der Waals surface area contributed by atoms with E-state index in [0.717, 1.165) is 5.56 Å². The number of hydrogen-bond donors (Lipinski definition) is 2. The maximum Gasteiger partial charge on any atom is 0.255 e. The van der Waals surface area contributed by atoms with Crippen molar-refractivity contribution in [3.05, 3.63) is 59.7 Å². The number of anilines is 2. The lowest BCUT2D eigenvalue weighted by Crippen LogP contribution is -2.27. The van der Waals surface area contributed by atoms with Crippen LogP contribution in [0.25, 0.3) is 0 Å². The van der Waals surface area contributed by atoms with Crippen molar-refractivity contribution in [2.24, 2.45) is 5.41 Å². The number of benzene rings is 2. The summed E-state index contributed by atoms with van der Waals surface area (Å²) in [5.41, 5.74) is 2.61. The van der Waals surface area contributed by atoms with Gasteiger partial charge in [-0.2, -0.15) is 0 Å². The highest BCUT2D eigenvalue weighted by Gasteiger charge is 2.21. The fraction of sp³-hybridized carbons (Fsp3) is 0.263. The second-order valence-corrected chi connectivity index (χ2v) is 6.61. The summed E-state index contributed by atoms with van der Waals surface area (Å²) in [6.07, 6.45) is 0. The quantitative estimate of drug-likeness (QED) is 0.891. The molecule has 0 bridgehead atoms. The van der Waals surface area contributed by atoms with Crippen LogP contribution in [-0.4, -0.2) is 11.8 Å². The maximum absolute atomic E-state index is 12.2. The maximum atomic E-state index is 12.2. The molecule has 4 nitrogen and oxygen atoms in total.